The van der Waals surface area contributed by atoms with Gasteiger partial charge >= 0.3 is 12.3 Å². The van der Waals surface area contributed by atoms with Crippen LogP contribution < -0.4 is 10.5 Å². The highest BCUT2D eigenvalue weighted by molar-refractivity contribution is 9.10. The lowest BCUT2D eigenvalue weighted by Gasteiger charge is -2.17. The van der Waals surface area contributed by atoms with Crippen LogP contribution in [-0.4, -0.2) is 19.4 Å². The van der Waals surface area contributed by atoms with Crippen LogP contribution in [0.4, 0.5) is 13.2 Å². The minimum atomic E-state index is -4.83. The maximum Gasteiger partial charge on any atom is 0.573 e. The van der Waals surface area contributed by atoms with Gasteiger partial charge in [0.1, 0.15) is 5.75 Å². The first-order valence-electron chi connectivity index (χ1n) is 5.10. The summed E-state index contributed by atoms with van der Waals surface area (Å²) in [6.07, 6.45) is -5.07. The Labute approximate surface area is 115 Å². The number of hydrogen-bond donors (Lipinski definition) is 1. The molecule has 106 valence electrons. The molecule has 0 amide bonds. The summed E-state index contributed by atoms with van der Waals surface area (Å²) in [7, 11) is 1.17. The molecule has 1 aromatic rings. The van der Waals surface area contributed by atoms with Gasteiger partial charge in [-0.15, -0.1) is 13.2 Å². The van der Waals surface area contributed by atoms with E-state index in [-0.39, 0.29) is 12.0 Å². The van der Waals surface area contributed by atoms with Crippen LogP contribution in [0.3, 0.4) is 0 Å². The number of methoxy groups -OCH3 is 1. The average Bonchev–Trinajstić information content (AvgIpc) is 2.29. The molecule has 0 aliphatic heterocycles. The smallest absolute Gasteiger partial charge is 0.469 e. The number of esters is 1. The van der Waals surface area contributed by atoms with Gasteiger partial charge < -0.3 is 15.2 Å². The van der Waals surface area contributed by atoms with Gasteiger partial charge in [0.15, 0.2) is 0 Å². The van der Waals surface area contributed by atoms with Crippen molar-refractivity contribution >= 4 is 21.9 Å². The molecule has 0 radical (unpaired) electrons. The highest BCUT2D eigenvalue weighted by Crippen LogP contribution is 2.33. The van der Waals surface area contributed by atoms with E-state index >= 15 is 0 Å². The molecule has 0 spiro atoms. The zero-order valence-corrected chi connectivity index (χ0v) is 11.4. The molecule has 19 heavy (non-hydrogen) atoms. The summed E-state index contributed by atoms with van der Waals surface area (Å²) in [5, 5.41) is 0. The Morgan fingerprint density at radius 3 is 2.63 bits per heavy atom. The maximum atomic E-state index is 12.2. The zero-order valence-electron chi connectivity index (χ0n) is 9.83. The molecule has 0 aromatic heterocycles. The molecular weight excluding hydrogens is 331 g/mol. The van der Waals surface area contributed by atoms with Crippen LogP contribution in [0, 0.1) is 0 Å². The number of halogens is 4. The predicted molar refractivity (Wildman–Crippen MR) is 64.4 cm³/mol. The van der Waals surface area contributed by atoms with E-state index in [1.807, 2.05) is 0 Å². The highest BCUT2D eigenvalue weighted by atomic mass is 79.9. The van der Waals surface area contributed by atoms with Crippen LogP contribution in [0.1, 0.15) is 18.0 Å². The Morgan fingerprint density at radius 1 is 1.47 bits per heavy atom. The van der Waals surface area contributed by atoms with Gasteiger partial charge in [0.2, 0.25) is 0 Å². The molecule has 0 aliphatic rings. The van der Waals surface area contributed by atoms with E-state index in [1.165, 1.54) is 19.2 Å². The van der Waals surface area contributed by atoms with Crippen LogP contribution in [0.5, 0.6) is 5.75 Å². The number of ether oxygens (including phenoxy) is 2. The van der Waals surface area contributed by atoms with Gasteiger partial charge in [-0.25, -0.2) is 0 Å². The van der Waals surface area contributed by atoms with Crippen LogP contribution in [0.25, 0.3) is 0 Å². The molecule has 0 saturated carbocycles. The quantitative estimate of drug-likeness (QED) is 0.855. The summed E-state index contributed by atoms with van der Waals surface area (Å²) < 4.78 is 45.6. The second-order valence-corrected chi connectivity index (χ2v) is 4.53. The first kappa shape index (κ1) is 15.8. The van der Waals surface area contributed by atoms with Crippen molar-refractivity contribution in [2.75, 3.05) is 7.11 Å². The molecular formula is C11H11BrF3NO3. The van der Waals surface area contributed by atoms with Crippen molar-refractivity contribution in [1.29, 1.82) is 0 Å². The number of carbonyl (C=O) groups is 1. The van der Waals surface area contributed by atoms with Gasteiger partial charge in [-0.05, 0) is 18.2 Å². The molecule has 0 fully saturated rings. The van der Waals surface area contributed by atoms with E-state index < -0.39 is 24.1 Å². The van der Waals surface area contributed by atoms with E-state index in [0.717, 1.165) is 6.07 Å². The van der Waals surface area contributed by atoms with Gasteiger partial charge in [0.25, 0.3) is 0 Å². The Kier molecular flexibility index (Phi) is 5.19. The summed E-state index contributed by atoms with van der Waals surface area (Å²) in [5.74, 6) is -1.06. The van der Waals surface area contributed by atoms with Crippen molar-refractivity contribution in [2.45, 2.75) is 18.8 Å². The second-order valence-electron chi connectivity index (χ2n) is 3.62. The van der Waals surface area contributed by atoms with E-state index in [4.69, 9.17) is 5.73 Å². The largest absolute Gasteiger partial charge is 0.573 e. The van der Waals surface area contributed by atoms with Crippen molar-refractivity contribution in [1.82, 2.24) is 0 Å². The van der Waals surface area contributed by atoms with Gasteiger partial charge in [-0.1, -0.05) is 15.9 Å². The minimum Gasteiger partial charge on any atom is -0.469 e. The molecule has 8 heteroatoms. The van der Waals surface area contributed by atoms with Crippen molar-refractivity contribution in [2.24, 2.45) is 5.73 Å². The molecule has 2 N–H and O–H groups in total. The van der Waals surface area contributed by atoms with Crippen LogP contribution in [-0.2, 0) is 9.53 Å². The van der Waals surface area contributed by atoms with E-state index in [9.17, 15) is 18.0 Å². The molecule has 1 rings (SSSR count). The molecule has 0 bridgehead atoms. The van der Waals surface area contributed by atoms with Crippen molar-refractivity contribution < 1.29 is 27.4 Å². The number of benzene rings is 1. The Bertz CT molecular complexity index is 465. The summed E-state index contributed by atoms with van der Waals surface area (Å²) >= 11 is 3.12. The van der Waals surface area contributed by atoms with Crippen LogP contribution in [0.15, 0.2) is 22.7 Å². The molecule has 0 saturated heterocycles. The molecule has 4 nitrogen and oxygen atoms in total. The fourth-order valence-electron chi connectivity index (χ4n) is 1.40. The topological polar surface area (TPSA) is 61.5 Å². The van der Waals surface area contributed by atoms with Gasteiger partial charge in [-0.2, -0.15) is 0 Å². The van der Waals surface area contributed by atoms with Crippen molar-refractivity contribution in [3.8, 4) is 5.75 Å². The molecule has 0 unspecified atom stereocenters. The standard InChI is InChI=1S/C11H11BrF3NO3/c1-18-10(17)5-8(16)7-4-6(12)2-3-9(7)19-11(13,14)15/h2-4,8H,5,16H2,1H3/t8-/m1/s1. The third-order valence-corrected chi connectivity index (χ3v) is 2.70. The Hall–Kier alpha value is -1.28. The second kappa shape index (κ2) is 6.25. The Morgan fingerprint density at radius 2 is 2.11 bits per heavy atom. The summed E-state index contributed by atoms with van der Waals surface area (Å²) in [5.41, 5.74) is 5.76. The first-order chi connectivity index (χ1) is 8.73. The fraction of sp³-hybridized carbons (Fsp3) is 0.364. The lowest BCUT2D eigenvalue weighted by molar-refractivity contribution is -0.275. The van der Waals surface area contributed by atoms with E-state index in [1.54, 1.807) is 0 Å². The van der Waals surface area contributed by atoms with Gasteiger partial charge in [0, 0.05) is 16.1 Å². The lowest BCUT2D eigenvalue weighted by atomic mass is 10.0. The maximum absolute atomic E-state index is 12.2. The van der Waals surface area contributed by atoms with Crippen molar-refractivity contribution in [3.63, 3.8) is 0 Å². The summed E-state index contributed by atoms with van der Waals surface area (Å²) in [6.45, 7) is 0. The predicted octanol–water partition coefficient (Wildman–Crippen LogP) is 2.91. The number of nitrogens with two attached hydrogens (primary N) is 1. The lowest BCUT2D eigenvalue weighted by Crippen LogP contribution is -2.21. The van der Waals surface area contributed by atoms with Crippen LogP contribution >= 0.6 is 15.9 Å². The molecule has 0 heterocycles. The number of alkyl halides is 3. The highest BCUT2D eigenvalue weighted by Gasteiger charge is 2.33. The molecule has 1 atom stereocenters. The average molecular weight is 342 g/mol. The normalized spacial score (nSPS) is 12.9. The monoisotopic (exact) mass is 341 g/mol. The number of hydrogen-bond acceptors (Lipinski definition) is 4. The molecule has 0 aliphatic carbocycles. The third kappa shape index (κ3) is 5.07. The van der Waals surface area contributed by atoms with E-state index in [2.05, 4.69) is 25.4 Å². The fourth-order valence-corrected chi connectivity index (χ4v) is 1.78. The summed E-state index contributed by atoms with van der Waals surface area (Å²) in [6, 6.07) is 2.93. The minimum absolute atomic E-state index is 0.0668. The summed E-state index contributed by atoms with van der Waals surface area (Å²) in [4.78, 5) is 11.1. The van der Waals surface area contributed by atoms with Crippen LogP contribution in [0.2, 0.25) is 0 Å². The number of rotatable bonds is 4. The van der Waals surface area contributed by atoms with Gasteiger partial charge in [0.05, 0.1) is 13.5 Å². The van der Waals surface area contributed by atoms with Crippen molar-refractivity contribution in [3.05, 3.63) is 28.2 Å². The first-order valence-corrected chi connectivity index (χ1v) is 5.90. The molecule has 1 aromatic carbocycles. The number of carbonyl (C=O) groups excluding carboxylic acids is 1. The van der Waals surface area contributed by atoms with E-state index in [0.29, 0.717) is 4.47 Å². The zero-order chi connectivity index (χ0) is 14.6. The SMILES string of the molecule is COC(=O)C[C@@H](N)c1cc(Br)ccc1OC(F)(F)F. The van der Waals surface area contributed by atoms with Gasteiger partial charge in [-0.3, -0.25) is 4.79 Å². The third-order valence-electron chi connectivity index (χ3n) is 2.21. The Balaban J connectivity index is 3.03.